The van der Waals surface area contributed by atoms with Crippen LogP contribution in [-0.2, 0) is 9.59 Å². The Labute approximate surface area is 183 Å². The van der Waals surface area contributed by atoms with Gasteiger partial charge >= 0.3 is 0 Å². The Hall–Kier alpha value is -3.35. The molecule has 1 fully saturated rings. The number of anilines is 3. The van der Waals surface area contributed by atoms with Gasteiger partial charge in [-0.15, -0.1) is 0 Å². The van der Waals surface area contributed by atoms with Gasteiger partial charge in [-0.2, -0.15) is 0 Å². The van der Waals surface area contributed by atoms with Crippen molar-refractivity contribution in [3.8, 4) is 0 Å². The van der Waals surface area contributed by atoms with Gasteiger partial charge in [0.05, 0.1) is 6.54 Å². The quantitative estimate of drug-likeness (QED) is 0.630. The minimum atomic E-state index is -0.202. The van der Waals surface area contributed by atoms with E-state index in [1.165, 1.54) is 0 Å². The summed E-state index contributed by atoms with van der Waals surface area (Å²) >= 11 is 0. The van der Waals surface area contributed by atoms with Crippen LogP contribution < -0.4 is 16.0 Å². The van der Waals surface area contributed by atoms with E-state index in [0.29, 0.717) is 29.3 Å². The van der Waals surface area contributed by atoms with E-state index >= 15 is 0 Å². The average Bonchev–Trinajstić information content (AvgIpc) is 2.78. The molecule has 3 rings (SSSR count). The van der Waals surface area contributed by atoms with Gasteiger partial charge in [0.15, 0.2) is 0 Å². The molecule has 0 atom stereocenters. The summed E-state index contributed by atoms with van der Waals surface area (Å²) in [6, 6.07) is 14.2. The van der Waals surface area contributed by atoms with Crippen LogP contribution in [0.25, 0.3) is 0 Å². The summed E-state index contributed by atoms with van der Waals surface area (Å²) in [6.45, 7) is 5.69. The van der Waals surface area contributed by atoms with Crippen molar-refractivity contribution < 1.29 is 14.4 Å². The molecule has 0 unspecified atom stereocenters. The van der Waals surface area contributed by atoms with Crippen molar-refractivity contribution >= 4 is 34.8 Å². The molecule has 0 bridgehead atoms. The van der Waals surface area contributed by atoms with Crippen LogP contribution in [0.4, 0.5) is 17.1 Å². The second-order valence-corrected chi connectivity index (χ2v) is 7.94. The Morgan fingerprint density at radius 1 is 0.903 bits per heavy atom. The van der Waals surface area contributed by atoms with Gasteiger partial charge in [-0.1, -0.05) is 19.9 Å². The van der Waals surface area contributed by atoms with Gasteiger partial charge in [-0.3, -0.25) is 14.4 Å². The molecule has 1 heterocycles. The predicted octanol–water partition coefficient (Wildman–Crippen LogP) is 3.96. The molecule has 164 valence electrons. The Morgan fingerprint density at radius 3 is 2.23 bits per heavy atom. The first-order valence-corrected chi connectivity index (χ1v) is 10.8. The molecule has 0 radical (unpaired) electrons. The van der Waals surface area contributed by atoms with Crippen molar-refractivity contribution in [1.82, 2.24) is 4.90 Å². The van der Waals surface area contributed by atoms with Crippen molar-refractivity contribution in [3.05, 3.63) is 54.1 Å². The van der Waals surface area contributed by atoms with Crippen LogP contribution in [0.2, 0.25) is 0 Å². The maximum absolute atomic E-state index is 12.6. The Bertz CT molecular complexity index is 919. The molecule has 3 amide bonds. The average molecular weight is 423 g/mol. The Balaban J connectivity index is 1.49. The lowest BCUT2D eigenvalue weighted by Crippen LogP contribution is -2.37. The van der Waals surface area contributed by atoms with Crippen molar-refractivity contribution in [2.75, 3.05) is 35.6 Å². The highest BCUT2D eigenvalue weighted by molar-refractivity contribution is 5.97. The molecule has 1 aliphatic heterocycles. The second-order valence-electron chi connectivity index (χ2n) is 7.94. The fourth-order valence-electron chi connectivity index (χ4n) is 3.43. The molecule has 0 spiro atoms. The number of amides is 3. The number of carbonyl (C=O) groups is 3. The molecule has 2 aromatic rings. The van der Waals surface area contributed by atoms with Crippen LogP contribution in [0.5, 0.6) is 0 Å². The maximum Gasteiger partial charge on any atom is 0.253 e. The molecule has 7 nitrogen and oxygen atoms in total. The largest absolute Gasteiger partial charge is 0.376 e. The number of rotatable bonds is 7. The minimum Gasteiger partial charge on any atom is -0.376 e. The van der Waals surface area contributed by atoms with Crippen LogP contribution in [0.15, 0.2) is 48.5 Å². The van der Waals surface area contributed by atoms with Gasteiger partial charge < -0.3 is 20.9 Å². The number of nitrogens with zero attached hydrogens (tertiary/aromatic N) is 1. The highest BCUT2D eigenvalue weighted by Crippen LogP contribution is 2.19. The molecular formula is C24H30N4O3. The molecule has 31 heavy (non-hydrogen) atoms. The number of nitrogens with one attached hydrogen (secondary N) is 3. The molecule has 2 aromatic carbocycles. The van der Waals surface area contributed by atoms with Gasteiger partial charge in [0.1, 0.15) is 0 Å². The van der Waals surface area contributed by atoms with Crippen molar-refractivity contribution in [2.45, 2.75) is 33.1 Å². The first kappa shape index (κ1) is 22.3. The maximum atomic E-state index is 12.6. The summed E-state index contributed by atoms with van der Waals surface area (Å²) in [5.74, 6) is 0.452. The van der Waals surface area contributed by atoms with Gasteiger partial charge in [0.25, 0.3) is 5.91 Å². The van der Waals surface area contributed by atoms with E-state index < -0.39 is 0 Å². The third-order valence-electron chi connectivity index (χ3n) is 5.41. The number of likely N-dealkylation sites (tertiary alicyclic amines) is 1. The summed E-state index contributed by atoms with van der Waals surface area (Å²) < 4.78 is 0. The van der Waals surface area contributed by atoms with E-state index in [0.717, 1.165) is 31.6 Å². The van der Waals surface area contributed by atoms with Gasteiger partial charge in [0.2, 0.25) is 11.8 Å². The molecule has 1 aliphatic rings. The summed E-state index contributed by atoms with van der Waals surface area (Å²) in [5.41, 5.74) is 2.69. The molecule has 0 saturated carbocycles. The summed E-state index contributed by atoms with van der Waals surface area (Å²) in [5, 5.41) is 8.66. The standard InChI is InChI=1S/C24H30N4O3/c1-3-22(29)27-21-6-4-5-20(15-21)25-16-23(30)26-19-9-7-18(8-10-19)24(31)28-13-11-17(2)12-14-28/h4-10,15,17,25H,3,11-14,16H2,1-2H3,(H,26,30)(H,27,29). The third kappa shape index (κ3) is 6.57. The van der Waals surface area contributed by atoms with E-state index in [9.17, 15) is 14.4 Å². The third-order valence-corrected chi connectivity index (χ3v) is 5.41. The molecule has 0 aliphatic carbocycles. The van der Waals surface area contributed by atoms with E-state index in [1.807, 2.05) is 17.0 Å². The number of benzene rings is 2. The second kappa shape index (κ2) is 10.6. The first-order chi connectivity index (χ1) is 14.9. The molecule has 7 heteroatoms. The zero-order valence-electron chi connectivity index (χ0n) is 18.1. The topological polar surface area (TPSA) is 90.5 Å². The molecule has 1 saturated heterocycles. The lowest BCUT2D eigenvalue weighted by atomic mass is 9.98. The van der Waals surface area contributed by atoms with E-state index in [4.69, 9.17) is 0 Å². The Kier molecular flexibility index (Phi) is 7.65. The lowest BCUT2D eigenvalue weighted by molar-refractivity contribution is -0.116. The van der Waals surface area contributed by atoms with Crippen molar-refractivity contribution in [2.24, 2.45) is 5.92 Å². The molecule has 3 N–H and O–H groups in total. The fraction of sp³-hybridized carbons (Fsp3) is 0.375. The van der Waals surface area contributed by atoms with Gasteiger partial charge in [0, 0.05) is 42.1 Å². The van der Waals surface area contributed by atoms with Crippen molar-refractivity contribution in [1.29, 1.82) is 0 Å². The first-order valence-electron chi connectivity index (χ1n) is 10.8. The molecule has 0 aromatic heterocycles. The number of piperidine rings is 1. The summed E-state index contributed by atoms with van der Waals surface area (Å²) in [4.78, 5) is 38.3. The number of hydrogen-bond acceptors (Lipinski definition) is 4. The van der Waals surface area contributed by atoms with Gasteiger partial charge in [-0.25, -0.2) is 0 Å². The fourth-order valence-corrected chi connectivity index (χ4v) is 3.43. The SMILES string of the molecule is CCC(=O)Nc1cccc(NCC(=O)Nc2ccc(C(=O)N3CCC(C)CC3)cc2)c1. The predicted molar refractivity (Wildman–Crippen MR) is 123 cm³/mol. The smallest absolute Gasteiger partial charge is 0.253 e. The zero-order chi connectivity index (χ0) is 22.2. The van der Waals surface area contributed by atoms with E-state index in [1.54, 1.807) is 43.3 Å². The van der Waals surface area contributed by atoms with Crippen LogP contribution >= 0.6 is 0 Å². The molecular weight excluding hydrogens is 392 g/mol. The summed E-state index contributed by atoms with van der Waals surface area (Å²) in [6.07, 6.45) is 2.49. The summed E-state index contributed by atoms with van der Waals surface area (Å²) in [7, 11) is 0. The van der Waals surface area contributed by atoms with Gasteiger partial charge in [-0.05, 0) is 61.2 Å². The number of hydrogen-bond donors (Lipinski definition) is 3. The normalized spacial score (nSPS) is 14.1. The van der Waals surface area contributed by atoms with E-state index in [-0.39, 0.29) is 24.3 Å². The monoisotopic (exact) mass is 422 g/mol. The van der Waals surface area contributed by atoms with Crippen LogP contribution in [0.1, 0.15) is 43.5 Å². The van der Waals surface area contributed by atoms with Crippen molar-refractivity contribution in [3.63, 3.8) is 0 Å². The highest BCUT2D eigenvalue weighted by Gasteiger charge is 2.21. The number of carbonyl (C=O) groups excluding carboxylic acids is 3. The Morgan fingerprint density at radius 2 is 1.55 bits per heavy atom. The van der Waals surface area contributed by atoms with Crippen LogP contribution in [0, 0.1) is 5.92 Å². The van der Waals surface area contributed by atoms with Crippen LogP contribution in [0.3, 0.4) is 0 Å². The lowest BCUT2D eigenvalue weighted by Gasteiger charge is -2.30. The minimum absolute atomic E-state index is 0.0430. The van der Waals surface area contributed by atoms with E-state index in [2.05, 4.69) is 22.9 Å². The van der Waals surface area contributed by atoms with Crippen LogP contribution in [-0.4, -0.2) is 42.3 Å². The zero-order valence-corrected chi connectivity index (χ0v) is 18.1. The highest BCUT2D eigenvalue weighted by atomic mass is 16.2.